The Bertz CT molecular complexity index is 380. The summed E-state index contributed by atoms with van der Waals surface area (Å²) in [6.45, 7) is 7.54. The fourth-order valence-corrected chi connectivity index (χ4v) is 2.64. The fourth-order valence-electron chi connectivity index (χ4n) is 2.26. The lowest BCUT2D eigenvalue weighted by Gasteiger charge is -2.28. The van der Waals surface area contributed by atoms with E-state index >= 15 is 0 Å². The Morgan fingerprint density at radius 1 is 1.32 bits per heavy atom. The van der Waals surface area contributed by atoms with Gasteiger partial charge in [0.1, 0.15) is 5.82 Å². The molecule has 0 saturated heterocycles. The van der Waals surface area contributed by atoms with Crippen LogP contribution in [0.25, 0.3) is 0 Å². The largest absolute Gasteiger partial charge is 0.377 e. The lowest BCUT2D eigenvalue weighted by atomic mass is 9.97. The van der Waals surface area contributed by atoms with E-state index in [0.717, 1.165) is 23.9 Å². The van der Waals surface area contributed by atoms with Gasteiger partial charge in [-0.15, -0.1) is 0 Å². The van der Waals surface area contributed by atoms with Crippen LogP contribution in [0.5, 0.6) is 0 Å². The van der Waals surface area contributed by atoms with Crippen molar-refractivity contribution in [3.63, 3.8) is 0 Å². The highest BCUT2D eigenvalue weighted by Crippen LogP contribution is 2.27. The summed E-state index contributed by atoms with van der Waals surface area (Å²) in [4.78, 5) is 0. The summed E-state index contributed by atoms with van der Waals surface area (Å²) in [6.07, 6.45) is 1.93. The van der Waals surface area contributed by atoms with Gasteiger partial charge in [0.25, 0.3) is 0 Å². The summed E-state index contributed by atoms with van der Waals surface area (Å²) < 4.78 is 20.8. The normalized spacial score (nSPS) is 14.4. The third kappa shape index (κ3) is 4.86. The van der Waals surface area contributed by atoms with E-state index in [9.17, 15) is 4.39 Å². The molecule has 1 aromatic carbocycles. The molecule has 0 amide bonds. The van der Waals surface area contributed by atoms with Gasteiger partial charge < -0.3 is 10.1 Å². The predicted molar refractivity (Wildman–Crippen MR) is 80.8 cm³/mol. The zero-order chi connectivity index (χ0) is 14.3. The molecule has 108 valence electrons. The van der Waals surface area contributed by atoms with E-state index in [4.69, 9.17) is 4.74 Å². The molecule has 0 fully saturated rings. The summed E-state index contributed by atoms with van der Waals surface area (Å²) in [6, 6.07) is 4.95. The minimum absolute atomic E-state index is 0.00116. The van der Waals surface area contributed by atoms with Crippen molar-refractivity contribution >= 4 is 15.9 Å². The molecule has 0 saturated carbocycles. The van der Waals surface area contributed by atoms with Crippen molar-refractivity contribution in [2.75, 3.05) is 13.2 Å². The molecule has 19 heavy (non-hydrogen) atoms. The molecule has 0 aliphatic carbocycles. The van der Waals surface area contributed by atoms with Crippen molar-refractivity contribution in [1.29, 1.82) is 0 Å². The second-order valence-electron chi connectivity index (χ2n) is 4.48. The van der Waals surface area contributed by atoms with Crippen molar-refractivity contribution in [3.05, 3.63) is 34.1 Å². The molecule has 2 nitrogen and oxygen atoms in total. The SMILES string of the molecule is CCCC(OCC)C(NCC)c1cc(Br)ccc1F. The number of halogens is 2. The molecule has 0 aliphatic rings. The van der Waals surface area contributed by atoms with Gasteiger partial charge >= 0.3 is 0 Å². The zero-order valence-electron chi connectivity index (χ0n) is 11.9. The highest BCUT2D eigenvalue weighted by atomic mass is 79.9. The molecule has 0 heterocycles. The van der Waals surface area contributed by atoms with Gasteiger partial charge in [-0.05, 0) is 38.1 Å². The predicted octanol–water partition coefficient (Wildman–Crippen LogP) is 4.44. The Hall–Kier alpha value is -0.450. The maximum Gasteiger partial charge on any atom is 0.128 e. The van der Waals surface area contributed by atoms with Crippen LogP contribution in [0.4, 0.5) is 4.39 Å². The molecule has 0 radical (unpaired) electrons. The molecule has 1 aromatic rings. The minimum Gasteiger partial charge on any atom is -0.377 e. The molecule has 0 aromatic heterocycles. The number of hydrogen-bond acceptors (Lipinski definition) is 2. The van der Waals surface area contributed by atoms with Gasteiger partial charge in [0.15, 0.2) is 0 Å². The smallest absolute Gasteiger partial charge is 0.128 e. The first-order valence-corrected chi connectivity index (χ1v) is 7.73. The molecular weight excluding hydrogens is 309 g/mol. The zero-order valence-corrected chi connectivity index (χ0v) is 13.5. The quantitative estimate of drug-likeness (QED) is 0.760. The topological polar surface area (TPSA) is 21.3 Å². The van der Waals surface area contributed by atoms with Crippen molar-refractivity contribution in [2.45, 2.75) is 45.8 Å². The second-order valence-corrected chi connectivity index (χ2v) is 5.40. The van der Waals surface area contributed by atoms with Crippen LogP contribution >= 0.6 is 15.9 Å². The molecule has 0 aliphatic heterocycles. The van der Waals surface area contributed by atoms with Gasteiger partial charge in [-0.2, -0.15) is 0 Å². The summed E-state index contributed by atoms with van der Waals surface area (Å²) in [7, 11) is 0. The summed E-state index contributed by atoms with van der Waals surface area (Å²) in [5.74, 6) is -0.185. The first-order valence-electron chi connectivity index (χ1n) is 6.93. The number of benzene rings is 1. The average Bonchev–Trinajstić information content (AvgIpc) is 2.39. The van der Waals surface area contributed by atoms with E-state index in [2.05, 4.69) is 28.2 Å². The van der Waals surface area contributed by atoms with Crippen molar-refractivity contribution < 1.29 is 9.13 Å². The summed E-state index contributed by atoms with van der Waals surface area (Å²) >= 11 is 3.41. The van der Waals surface area contributed by atoms with E-state index in [1.807, 2.05) is 19.9 Å². The van der Waals surface area contributed by atoms with Crippen molar-refractivity contribution in [2.24, 2.45) is 0 Å². The molecule has 0 spiro atoms. The van der Waals surface area contributed by atoms with E-state index in [-0.39, 0.29) is 18.0 Å². The van der Waals surface area contributed by atoms with Gasteiger partial charge in [-0.3, -0.25) is 0 Å². The van der Waals surface area contributed by atoms with Crippen LogP contribution in [0.1, 0.15) is 45.2 Å². The number of hydrogen-bond donors (Lipinski definition) is 1. The molecule has 1 rings (SSSR count). The number of ether oxygens (including phenoxy) is 1. The van der Waals surface area contributed by atoms with Crippen LogP contribution in [0.15, 0.2) is 22.7 Å². The standard InChI is InChI=1S/C15H23BrFNO/c1-4-7-14(19-6-3)15(18-5-2)12-10-11(16)8-9-13(12)17/h8-10,14-15,18H,4-7H2,1-3H3. The second kappa shape index (κ2) is 8.67. The molecule has 4 heteroatoms. The molecule has 2 atom stereocenters. The Morgan fingerprint density at radius 2 is 2.05 bits per heavy atom. The maximum absolute atomic E-state index is 14.1. The van der Waals surface area contributed by atoms with Gasteiger partial charge in [-0.1, -0.05) is 36.2 Å². The Morgan fingerprint density at radius 3 is 2.63 bits per heavy atom. The van der Waals surface area contributed by atoms with Gasteiger partial charge in [-0.25, -0.2) is 4.39 Å². The summed E-state index contributed by atoms with van der Waals surface area (Å²) in [5.41, 5.74) is 0.670. The minimum atomic E-state index is -0.185. The van der Waals surface area contributed by atoms with Gasteiger partial charge in [0, 0.05) is 16.6 Å². The Balaban J connectivity index is 3.05. The average molecular weight is 332 g/mol. The monoisotopic (exact) mass is 331 g/mol. The van der Waals surface area contributed by atoms with Gasteiger partial charge in [0.05, 0.1) is 12.1 Å². The third-order valence-corrected chi connectivity index (χ3v) is 3.54. The van der Waals surface area contributed by atoms with Crippen LogP contribution in [0, 0.1) is 5.82 Å². The number of likely N-dealkylation sites (N-methyl/N-ethyl adjacent to an activating group) is 1. The Labute approximate surface area is 123 Å². The first kappa shape index (κ1) is 16.6. The highest BCUT2D eigenvalue weighted by molar-refractivity contribution is 9.10. The van der Waals surface area contributed by atoms with Crippen LogP contribution in [-0.4, -0.2) is 19.3 Å². The molecular formula is C15H23BrFNO. The summed E-state index contributed by atoms with van der Waals surface area (Å²) in [5, 5.41) is 3.35. The van der Waals surface area contributed by atoms with E-state index in [1.165, 1.54) is 6.07 Å². The van der Waals surface area contributed by atoms with Crippen LogP contribution < -0.4 is 5.32 Å². The van der Waals surface area contributed by atoms with Crippen molar-refractivity contribution in [1.82, 2.24) is 5.32 Å². The molecule has 0 bridgehead atoms. The van der Waals surface area contributed by atoms with Gasteiger partial charge in [0.2, 0.25) is 0 Å². The molecule has 2 unspecified atom stereocenters. The number of rotatable bonds is 8. The van der Waals surface area contributed by atoms with Crippen LogP contribution in [0.2, 0.25) is 0 Å². The van der Waals surface area contributed by atoms with E-state index in [0.29, 0.717) is 12.2 Å². The Kier molecular flexibility index (Phi) is 7.57. The molecule has 1 N–H and O–H groups in total. The lowest BCUT2D eigenvalue weighted by molar-refractivity contribution is 0.0271. The van der Waals surface area contributed by atoms with Crippen LogP contribution in [0.3, 0.4) is 0 Å². The van der Waals surface area contributed by atoms with Crippen LogP contribution in [-0.2, 0) is 4.74 Å². The third-order valence-electron chi connectivity index (χ3n) is 3.04. The van der Waals surface area contributed by atoms with Crippen molar-refractivity contribution in [3.8, 4) is 0 Å². The highest BCUT2D eigenvalue weighted by Gasteiger charge is 2.25. The van der Waals surface area contributed by atoms with E-state index in [1.54, 1.807) is 6.07 Å². The lowest BCUT2D eigenvalue weighted by Crippen LogP contribution is -2.34. The van der Waals surface area contributed by atoms with E-state index < -0.39 is 0 Å². The first-order chi connectivity index (χ1) is 9.13. The fraction of sp³-hybridized carbons (Fsp3) is 0.600. The number of nitrogens with one attached hydrogen (secondary N) is 1. The maximum atomic E-state index is 14.1.